The molecule has 1 N–H and O–H groups in total. The molecule has 2 aromatic rings. The van der Waals surface area contributed by atoms with E-state index in [-0.39, 0.29) is 5.69 Å². The van der Waals surface area contributed by atoms with Crippen LogP contribution in [0.4, 0.5) is 4.79 Å². The molecule has 0 radical (unpaired) electrons. The molecule has 1 heterocycles. The van der Waals surface area contributed by atoms with Crippen molar-refractivity contribution in [1.82, 2.24) is 14.5 Å². The van der Waals surface area contributed by atoms with E-state index < -0.39 is 17.5 Å². The number of imidazole rings is 1. The highest BCUT2D eigenvalue weighted by atomic mass is 16.2. The number of carbonyl (C=O) groups is 2. The van der Waals surface area contributed by atoms with E-state index in [1.54, 1.807) is 4.57 Å². The van der Waals surface area contributed by atoms with Gasteiger partial charge >= 0.3 is 11.7 Å². The summed E-state index contributed by atoms with van der Waals surface area (Å²) in [7, 11) is 0. The zero-order valence-electron chi connectivity index (χ0n) is 18.6. The predicted octanol–water partition coefficient (Wildman–Crippen LogP) is 4.36. The van der Waals surface area contributed by atoms with Gasteiger partial charge in [-0.25, -0.2) is 14.2 Å². The normalized spacial score (nSPS) is 14.0. The van der Waals surface area contributed by atoms with E-state index in [4.69, 9.17) is 0 Å². The van der Waals surface area contributed by atoms with E-state index >= 15 is 0 Å². The van der Waals surface area contributed by atoms with Crippen LogP contribution in [-0.4, -0.2) is 27.5 Å². The maximum atomic E-state index is 13.2. The number of aldehydes is 1. The number of rotatable bonds is 8. The summed E-state index contributed by atoms with van der Waals surface area (Å²) in [5.74, 6) is 0.508. The zero-order valence-corrected chi connectivity index (χ0v) is 18.6. The van der Waals surface area contributed by atoms with E-state index in [1.807, 2.05) is 39.0 Å². The highest BCUT2D eigenvalue weighted by Gasteiger charge is 2.28. The number of nitrogens with zero attached hydrogens (tertiary/aromatic N) is 2. The van der Waals surface area contributed by atoms with Crippen LogP contribution >= 0.6 is 0 Å². The Kier molecular flexibility index (Phi) is 7.44. The Balaban J connectivity index is 2.49. The first kappa shape index (κ1) is 22.9. The van der Waals surface area contributed by atoms with Crippen molar-refractivity contribution in [3.05, 3.63) is 34.2 Å². The minimum absolute atomic E-state index is 0.354. The van der Waals surface area contributed by atoms with Gasteiger partial charge in [-0.3, -0.25) is 4.57 Å². The highest BCUT2D eigenvalue weighted by molar-refractivity contribution is 5.91. The lowest BCUT2D eigenvalue weighted by Gasteiger charge is -2.26. The van der Waals surface area contributed by atoms with Crippen LogP contribution in [0.25, 0.3) is 11.0 Å². The van der Waals surface area contributed by atoms with Gasteiger partial charge in [-0.15, -0.1) is 0 Å². The Bertz CT molecular complexity index is 918. The summed E-state index contributed by atoms with van der Waals surface area (Å²) in [6.07, 6.45) is 4.68. The van der Waals surface area contributed by atoms with Gasteiger partial charge in [-0.05, 0) is 41.9 Å². The van der Waals surface area contributed by atoms with Crippen molar-refractivity contribution in [2.75, 3.05) is 0 Å². The maximum Gasteiger partial charge on any atom is 0.337 e. The van der Waals surface area contributed by atoms with Gasteiger partial charge in [0.15, 0.2) is 0 Å². The fraction of sp³-hybridized carbons (Fsp3) is 0.609. The fourth-order valence-corrected chi connectivity index (χ4v) is 3.57. The van der Waals surface area contributed by atoms with Crippen LogP contribution in [0.2, 0.25) is 0 Å². The second-order valence-corrected chi connectivity index (χ2v) is 9.06. The number of nitrogens with one attached hydrogen (secondary N) is 1. The lowest BCUT2D eigenvalue weighted by atomic mass is 9.88. The van der Waals surface area contributed by atoms with Crippen LogP contribution in [0.1, 0.15) is 66.4 Å². The first-order valence-electron chi connectivity index (χ1n) is 10.6. The molecule has 160 valence electrons. The second-order valence-electron chi connectivity index (χ2n) is 9.06. The van der Waals surface area contributed by atoms with Crippen molar-refractivity contribution >= 4 is 23.4 Å². The Hall–Kier alpha value is -2.37. The number of fused-ring (bicyclic) bond motifs is 1. The average Bonchev–Trinajstić information content (AvgIpc) is 2.94. The van der Waals surface area contributed by atoms with E-state index in [0.717, 1.165) is 43.0 Å². The van der Waals surface area contributed by atoms with Gasteiger partial charge in [0, 0.05) is 6.54 Å². The second kappa shape index (κ2) is 9.42. The third kappa shape index (κ3) is 5.17. The number of amides is 1. The zero-order chi connectivity index (χ0) is 21.8. The van der Waals surface area contributed by atoms with Crippen molar-refractivity contribution < 1.29 is 9.59 Å². The number of hydrogen-bond donors (Lipinski definition) is 1. The molecule has 2 rings (SSSR count). The summed E-state index contributed by atoms with van der Waals surface area (Å²) in [6.45, 7) is 12.6. The van der Waals surface area contributed by atoms with E-state index in [2.05, 4.69) is 26.1 Å². The van der Waals surface area contributed by atoms with E-state index in [1.165, 1.54) is 4.57 Å². The number of hydrogen-bond acceptors (Lipinski definition) is 3. The SMILES string of the molecule is CCCC(C)CCn1c(=O)n(C(=O)NC(C=O)C(C)(C)C)c2ccc(CC)cc21. The Morgan fingerprint density at radius 2 is 1.86 bits per heavy atom. The molecule has 29 heavy (non-hydrogen) atoms. The summed E-state index contributed by atoms with van der Waals surface area (Å²) in [4.78, 5) is 37.7. The highest BCUT2D eigenvalue weighted by Crippen LogP contribution is 2.20. The first-order valence-corrected chi connectivity index (χ1v) is 10.6. The smallest absolute Gasteiger partial charge is 0.327 e. The van der Waals surface area contributed by atoms with Gasteiger partial charge in [0.2, 0.25) is 0 Å². The lowest BCUT2D eigenvalue weighted by Crippen LogP contribution is -2.48. The average molecular weight is 402 g/mol. The molecule has 0 saturated carbocycles. The van der Waals surface area contributed by atoms with Crippen molar-refractivity contribution in [3.8, 4) is 0 Å². The molecular weight excluding hydrogens is 366 g/mol. The first-order chi connectivity index (χ1) is 13.6. The molecule has 1 aromatic heterocycles. The number of aryl methyl sites for hydroxylation is 2. The summed E-state index contributed by atoms with van der Waals surface area (Å²) in [6, 6.07) is 4.52. The molecule has 2 unspecified atom stereocenters. The molecule has 0 fully saturated rings. The van der Waals surface area contributed by atoms with Crippen LogP contribution in [-0.2, 0) is 17.8 Å². The van der Waals surface area contributed by atoms with Crippen molar-refractivity contribution in [2.45, 2.75) is 79.8 Å². The molecule has 6 heteroatoms. The van der Waals surface area contributed by atoms with Crippen molar-refractivity contribution in [1.29, 1.82) is 0 Å². The molecule has 1 amide bonds. The van der Waals surface area contributed by atoms with E-state index in [0.29, 0.717) is 18.0 Å². The monoisotopic (exact) mass is 401 g/mol. The van der Waals surface area contributed by atoms with Crippen molar-refractivity contribution in [3.63, 3.8) is 0 Å². The number of aromatic nitrogens is 2. The molecule has 0 aliphatic heterocycles. The Labute approximate surface area is 173 Å². The molecule has 0 bridgehead atoms. The maximum absolute atomic E-state index is 13.2. The molecule has 0 saturated heterocycles. The molecular formula is C23H35N3O3. The standard InChI is InChI=1S/C23H35N3O3/c1-7-9-16(3)12-13-25-19-14-17(8-2)10-11-18(19)26(22(25)29)21(28)24-20(15-27)23(4,5)6/h10-11,14-16,20H,7-9,12-13H2,1-6H3,(H,24,28). The molecule has 6 nitrogen and oxygen atoms in total. The molecule has 1 aromatic carbocycles. The van der Waals surface area contributed by atoms with E-state index in [9.17, 15) is 14.4 Å². The predicted molar refractivity (Wildman–Crippen MR) is 118 cm³/mol. The van der Waals surface area contributed by atoms with Crippen LogP contribution in [0.15, 0.2) is 23.0 Å². The largest absolute Gasteiger partial charge is 0.337 e. The quantitative estimate of drug-likeness (QED) is 0.668. The Morgan fingerprint density at radius 1 is 1.17 bits per heavy atom. The third-order valence-corrected chi connectivity index (χ3v) is 5.58. The van der Waals surface area contributed by atoms with Gasteiger partial charge in [0.05, 0.1) is 17.1 Å². The molecule has 0 aliphatic rings. The van der Waals surface area contributed by atoms with Crippen LogP contribution in [0, 0.1) is 11.3 Å². The van der Waals surface area contributed by atoms with Crippen LogP contribution < -0.4 is 11.0 Å². The van der Waals surface area contributed by atoms with Gasteiger partial charge in [0.25, 0.3) is 0 Å². The topological polar surface area (TPSA) is 73.1 Å². The Morgan fingerprint density at radius 3 is 2.41 bits per heavy atom. The minimum Gasteiger partial charge on any atom is -0.327 e. The van der Waals surface area contributed by atoms with Crippen LogP contribution in [0.3, 0.4) is 0 Å². The summed E-state index contributed by atoms with van der Waals surface area (Å²) in [5, 5.41) is 2.73. The molecule has 0 aliphatic carbocycles. The third-order valence-electron chi connectivity index (χ3n) is 5.58. The number of benzene rings is 1. The summed E-state index contributed by atoms with van der Waals surface area (Å²) < 4.78 is 2.87. The van der Waals surface area contributed by atoms with Gasteiger partial charge in [0.1, 0.15) is 6.29 Å². The van der Waals surface area contributed by atoms with Gasteiger partial charge in [-0.1, -0.05) is 60.5 Å². The summed E-state index contributed by atoms with van der Waals surface area (Å²) in [5.41, 5.74) is 1.67. The summed E-state index contributed by atoms with van der Waals surface area (Å²) >= 11 is 0. The molecule has 0 spiro atoms. The van der Waals surface area contributed by atoms with Gasteiger partial charge < -0.3 is 10.1 Å². The lowest BCUT2D eigenvalue weighted by molar-refractivity contribution is -0.111. The van der Waals surface area contributed by atoms with Crippen molar-refractivity contribution in [2.24, 2.45) is 11.3 Å². The van der Waals surface area contributed by atoms with Crippen LogP contribution in [0.5, 0.6) is 0 Å². The minimum atomic E-state index is -0.681. The molecule has 2 atom stereocenters. The van der Waals surface area contributed by atoms with Gasteiger partial charge in [-0.2, -0.15) is 0 Å². The fourth-order valence-electron chi connectivity index (χ4n) is 3.57. The number of carbonyl (C=O) groups excluding carboxylic acids is 2.